The van der Waals surface area contributed by atoms with Gasteiger partial charge in [0.25, 0.3) is 22.7 Å². The molecule has 0 radical (unpaired) electrons. The summed E-state index contributed by atoms with van der Waals surface area (Å²) in [4.78, 5) is 45.2. The van der Waals surface area contributed by atoms with Crippen LogP contribution in [0.25, 0.3) is 0 Å². The number of benzene rings is 8. The highest BCUT2D eigenvalue weighted by Gasteiger charge is 2.36. The molecule has 8 aromatic rings. The van der Waals surface area contributed by atoms with Crippen molar-refractivity contribution in [2.75, 3.05) is 0 Å². The lowest BCUT2D eigenvalue weighted by molar-refractivity contribution is -0.385. The quantitative estimate of drug-likeness (QED) is 0.00760. The van der Waals surface area contributed by atoms with Crippen LogP contribution in [0.3, 0.4) is 0 Å². The monoisotopic (exact) mass is 1720 g/mol. The van der Waals surface area contributed by atoms with Crippen molar-refractivity contribution in [3.63, 3.8) is 0 Å². The second kappa shape index (κ2) is 52.7. The highest BCUT2D eigenvalue weighted by molar-refractivity contribution is 5.76. The molecule has 0 aliphatic rings. The lowest BCUT2D eigenvalue weighted by Gasteiger charge is -2.28. The van der Waals surface area contributed by atoms with Crippen LogP contribution in [0.15, 0.2) is 168 Å². The molecule has 0 spiro atoms. The number of rotatable bonds is 59. The molecule has 0 heterocycles. The standard InChI is InChI=1S/C97H128N12O16/c1-6-10-14-18-22-26-30-34-38-42-67(5)80-64-81(93(113)88(92(80)112)103-99-69-48-56-73(57-49-69)107(120)121)77(44-40-36-32-28-24-20-16-12-8-3)84-66-85(97(117)90(96(84)116)105-101-71-52-60-75(61-53-71)109(124)125)78(45-41-37-33-29-25-21-17-13-9-4)83-65-82(94(114)89(95(83)115)104-100-70-50-58-74(59-51-70)108(122)123)76(43-39-35-31-27-23-19-15-11-7-2)79-62-63-86(110)87(91(79)111)102-98-68-46-54-72(55-47-68)106(118)119/h46-67,76-78,110-117H,6-45H2,1-5H3. The molecule has 0 aliphatic carbocycles. The van der Waals surface area contributed by atoms with E-state index in [0.29, 0.717) is 50.5 Å². The highest BCUT2D eigenvalue weighted by atomic mass is 16.6. The fraction of sp³-hybridized carbons (Fsp3) is 0.505. The van der Waals surface area contributed by atoms with Gasteiger partial charge in [0.2, 0.25) is 0 Å². The normalized spacial score (nSPS) is 12.8. The molecular formula is C97H128N12O16. The molecule has 8 N–H and O–H groups in total. The predicted molar refractivity (Wildman–Crippen MR) is 489 cm³/mol. The number of hydrogen-bond donors (Lipinski definition) is 8. The van der Waals surface area contributed by atoms with Crippen molar-refractivity contribution in [1.29, 1.82) is 0 Å². The Hall–Kier alpha value is -11.8. The summed E-state index contributed by atoms with van der Waals surface area (Å²) in [6.07, 6.45) is 35.5. The second-order valence-electron chi connectivity index (χ2n) is 33.1. The van der Waals surface area contributed by atoms with Gasteiger partial charge in [-0.1, -0.05) is 272 Å². The lowest BCUT2D eigenvalue weighted by Crippen LogP contribution is -2.10. The zero-order valence-electron chi connectivity index (χ0n) is 73.4. The minimum Gasteiger partial charge on any atom is -0.505 e. The van der Waals surface area contributed by atoms with Crippen LogP contribution in [-0.4, -0.2) is 60.5 Å². The van der Waals surface area contributed by atoms with Crippen molar-refractivity contribution >= 4 is 68.2 Å². The van der Waals surface area contributed by atoms with Gasteiger partial charge in [0, 0.05) is 99.7 Å². The molecule has 0 amide bonds. The fourth-order valence-electron chi connectivity index (χ4n) is 16.3. The Morgan fingerprint density at radius 3 is 0.688 bits per heavy atom. The minimum atomic E-state index is -1.20. The molecule has 0 saturated carbocycles. The Morgan fingerprint density at radius 1 is 0.240 bits per heavy atom. The topological polar surface area (TPSA) is 433 Å². The summed E-state index contributed by atoms with van der Waals surface area (Å²) in [5.41, 5.74) is -1.15. The summed E-state index contributed by atoms with van der Waals surface area (Å²) in [6.45, 7) is 10.7. The molecule has 0 aromatic heterocycles. The predicted octanol–water partition coefficient (Wildman–Crippen LogP) is 31.8. The smallest absolute Gasteiger partial charge is 0.269 e. The third-order valence-corrected chi connectivity index (χ3v) is 23.7. The van der Waals surface area contributed by atoms with E-state index in [1.165, 1.54) is 122 Å². The Kier molecular flexibility index (Phi) is 41.6. The molecule has 4 unspecified atom stereocenters. The molecule has 28 heteroatoms. The van der Waals surface area contributed by atoms with E-state index >= 15 is 0 Å². The van der Waals surface area contributed by atoms with E-state index in [-0.39, 0.29) is 121 Å². The first-order valence-electron chi connectivity index (χ1n) is 45.5. The Morgan fingerprint density at radius 2 is 0.440 bits per heavy atom. The van der Waals surface area contributed by atoms with Crippen LogP contribution in [0, 0.1) is 40.5 Å². The lowest BCUT2D eigenvalue weighted by atomic mass is 9.77. The fourth-order valence-corrected chi connectivity index (χ4v) is 16.3. The molecule has 672 valence electrons. The van der Waals surface area contributed by atoms with Gasteiger partial charge in [-0.05, 0) is 110 Å². The van der Waals surface area contributed by atoms with Gasteiger partial charge in [-0.15, -0.1) is 20.5 Å². The number of nitro groups is 4. The molecule has 125 heavy (non-hydrogen) atoms. The molecule has 0 saturated heterocycles. The third-order valence-electron chi connectivity index (χ3n) is 23.7. The summed E-state index contributed by atoms with van der Waals surface area (Å²) >= 11 is 0. The molecular weight excluding hydrogens is 1590 g/mol. The van der Waals surface area contributed by atoms with E-state index in [1.54, 1.807) is 18.2 Å². The van der Waals surface area contributed by atoms with Gasteiger partial charge >= 0.3 is 0 Å². The van der Waals surface area contributed by atoms with Gasteiger partial charge in [-0.3, -0.25) is 40.5 Å². The number of hydrogen-bond acceptors (Lipinski definition) is 24. The van der Waals surface area contributed by atoms with E-state index in [1.807, 2.05) is 6.92 Å². The van der Waals surface area contributed by atoms with E-state index in [9.17, 15) is 81.3 Å². The number of azo groups is 4. The van der Waals surface area contributed by atoms with Gasteiger partial charge in [0.05, 0.1) is 42.4 Å². The molecule has 0 fully saturated rings. The number of nitro benzene ring substituents is 4. The number of non-ortho nitro benzene ring substituents is 4. The van der Waals surface area contributed by atoms with Gasteiger partial charge in [0.1, 0.15) is 11.5 Å². The molecule has 0 aliphatic heterocycles. The summed E-state index contributed by atoms with van der Waals surface area (Å²) in [5, 5.41) is 188. The summed E-state index contributed by atoms with van der Waals surface area (Å²) in [7, 11) is 0. The number of phenolic OH excluding ortho intramolecular Hbond substituents is 8. The zero-order chi connectivity index (χ0) is 90.0. The van der Waals surface area contributed by atoms with E-state index < -0.39 is 89.1 Å². The first-order valence-corrected chi connectivity index (χ1v) is 45.5. The third kappa shape index (κ3) is 30.0. The van der Waals surface area contributed by atoms with Gasteiger partial charge in [0.15, 0.2) is 57.2 Å². The number of unbranched alkanes of at least 4 members (excludes halogenated alkanes) is 32. The summed E-state index contributed by atoms with van der Waals surface area (Å²) < 4.78 is 0. The summed E-state index contributed by atoms with van der Waals surface area (Å²) in [5.74, 6) is -8.11. The first kappa shape index (κ1) is 98.6. The summed E-state index contributed by atoms with van der Waals surface area (Å²) in [6, 6.07) is 28.5. The maximum atomic E-state index is 13.6. The van der Waals surface area contributed by atoms with Crippen molar-refractivity contribution in [3.8, 4) is 46.0 Å². The second-order valence-corrected chi connectivity index (χ2v) is 33.1. The van der Waals surface area contributed by atoms with Crippen molar-refractivity contribution in [2.45, 2.75) is 315 Å². The average molecular weight is 1720 g/mol. The molecule has 0 bridgehead atoms. The molecule has 8 aromatic carbocycles. The van der Waals surface area contributed by atoms with Gasteiger partial charge in [-0.25, -0.2) is 0 Å². The van der Waals surface area contributed by atoms with Crippen molar-refractivity contribution in [1.82, 2.24) is 0 Å². The SMILES string of the molecule is CCCCCCCCCCCC(C)c1cc(C(CCCCCCCCCCC)c2cc(C(CCCCCCCCCCC)c3cc(C(CCCCCCCCCCC)c4ccc(O)c(N=Nc5ccc([N+](=O)[O-])cc5)c4O)c(O)c(N=Nc4ccc([N+](=O)[O-])cc4)c3O)c(O)c(N=Nc3ccc([N+](=O)[O-])cc3)c2O)c(O)c(N=Nc2ccc([N+](=O)[O-])cc2)c1O. The van der Waals surface area contributed by atoms with E-state index in [4.69, 9.17) is 0 Å². The largest absolute Gasteiger partial charge is 0.505 e. The van der Waals surface area contributed by atoms with Gasteiger partial charge < -0.3 is 40.9 Å². The van der Waals surface area contributed by atoms with Crippen LogP contribution in [0.1, 0.15) is 354 Å². The zero-order valence-corrected chi connectivity index (χ0v) is 73.4. The number of aromatic hydroxyl groups is 8. The van der Waals surface area contributed by atoms with Crippen molar-refractivity contribution in [2.24, 2.45) is 40.9 Å². The number of phenols is 8. The van der Waals surface area contributed by atoms with E-state index in [0.717, 1.165) is 180 Å². The molecule has 8 rings (SSSR count). The average Bonchev–Trinajstić information content (AvgIpc) is 0.745. The van der Waals surface area contributed by atoms with Crippen molar-refractivity contribution < 1.29 is 60.5 Å². The van der Waals surface area contributed by atoms with Crippen LogP contribution in [0.5, 0.6) is 46.0 Å². The molecule has 28 nitrogen and oxygen atoms in total. The molecule has 4 atom stereocenters. The van der Waals surface area contributed by atoms with Crippen LogP contribution in [-0.2, 0) is 0 Å². The van der Waals surface area contributed by atoms with Crippen LogP contribution < -0.4 is 0 Å². The van der Waals surface area contributed by atoms with E-state index in [2.05, 4.69) is 68.6 Å². The Bertz CT molecular complexity index is 4870. The Labute approximate surface area is 733 Å². The van der Waals surface area contributed by atoms with Crippen LogP contribution in [0.2, 0.25) is 0 Å². The highest BCUT2D eigenvalue weighted by Crippen LogP contribution is 2.59. The van der Waals surface area contributed by atoms with Crippen molar-refractivity contribution in [3.05, 3.63) is 207 Å². The van der Waals surface area contributed by atoms with Crippen LogP contribution in [0.4, 0.5) is 68.2 Å². The first-order chi connectivity index (χ1) is 60.5. The Balaban J connectivity index is 1.46. The minimum absolute atomic E-state index is 0.0400. The maximum absolute atomic E-state index is 13.6. The van der Waals surface area contributed by atoms with Crippen LogP contribution >= 0.6 is 0 Å². The van der Waals surface area contributed by atoms with Gasteiger partial charge in [-0.2, -0.15) is 20.5 Å². The maximum Gasteiger partial charge on any atom is 0.269 e. The number of nitrogens with zero attached hydrogens (tertiary/aromatic N) is 12.